The lowest BCUT2D eigenvalue weighted by Crippen LogP contribution is -2.36. The normalized spacial score (nSPS) is 11.0. The Balaban J connectivity index is 2.25. The number of nitrogens with zero attached hydrogens (tertiary/aromatic N) is 2. The molecule has 1 aromatic carbocycles. The second kappa shape index (κ2) is 6.50. The Hall–Kier alpha value is -1.52. The predicted molar refractivity (Wildman–Crippen MR) is 84.8 cm³/mol. The van der Waals surface area contributed by atoms with Crippen molar-refractivity contribution < 1.29 is 4.79 Å². The summed E-state index contributed by atoms with van der Waals surface area (Å²) in [5, 5.41) is 7.69. The van der Waals surface area contributed by atoms with E-state index < -0.39 is 0 Å². The Morgan fingerprint density at radius 1 is 1.33 bits per heavy atom. The van der Waals surface area contributed by atoms with E-state index in [0.717, 1.165) is 11.3 Å². The smallest absolute Gasteiger partial charge is 0.257 e. The zero-order valence-electron chi connectivity index (χ0n) is 12.2. The van der Waals surface area contributed by atoms with Crippen LogP contribution in [0, 0.1) is 6.92 Å². The van der Waals surface area contributed by atoms with Crippen LogP contribution < -0.4 is 0 Å². The highest BCUT2D eigenvalue weighted by Gasteiger charge is 2.21. The Morgan fingerprint density at radius 3 is 2.57 bits per heavy atom. The van der Waals surface area contributed by atoms with Crippen molar-refractivity contribution in [2.45, 2.75) is 33.4 Å². The maximum Gasteiger partial charge on any atom is 0.257 e. The van der Waals surface area contributed by atoms with Crippen molar-refractivity contribution in [1.29, 1.82) is 0 Å². The van der Waals surface area contributed by atoms with Crippen molar-refractivity contribution in [2.24, 2.45) is 0 Å². The average molecular weight is 326 g/mol. The number of aromatic nitrogens is 2. The lowest BCUT2D eigenvalue weighted by molar-refractivity contribution is 0.0689. The molecule has 21 heavy (non-hydrogen) atoms. The van der Waals surface area contributed by atoms with Gasteiger partial charge in [0.2, 0.25) is 0 Å². The summed E-state index contributed by atoms with van der Waals surface area (Å²) in [7, 11) is 0. The molecule has 0 spiro atoms. The summed E-state index contributed by atoms with van der Waals surface area (Å²) < 4.78 is 0. The van der Waals surface area contributed by atoms with Gasteiger partial charge in [-0.2, -0.15) is 5.10 Å². The van der Waals surface area contributed by atoms with Crippen LogP contribution in [0.4, 0.5) is 0 Å². The van der Waals surface area contributed by atoms with Crippen LogP contribution in [0.5, 0.6) is 0 Å². The molecular weight excluding hydrogens is 309 g/mol. The van der Waals surface area contributed by atoms with Gasteiger partial charge in [0.1, 0.15) is 0 Å². The highest BCUT2D eigenvalue weighted by atomic mass is 35.5. The average Bonchev–Trinajstić information content (AvgIpc) is 2.85. The summed E-state index contributed by atoms with van der Waals surface area (Å²) >= 11 is 12.0. The minimum atomic E-state index is -0.0534. The summed E-state index contributed by atoms with van der Waals surface area (Å²) in [5.41, 5.74) is 2.29. The van der Waals surface area contributed by atoms with Crippen LogP contribution in [-0.4, -0.2) is 27.0 Å². The fourth-order valence-corrected chi connectivity index (χ4v) is 2.37. The number of aryl methyl sites for hydroxylation is 1. The van der Waals surface area contributed by atoms with E-state index in [1.54, 1.807) is 23.2 Å². The minimum Gasteiger partial charge on any atom is -0.332 e. The molecule has 1 heterocycles. The van der Waals surface area contributed by atoms with E-state index in [4.69, 9.17) is 23.2 Å². The van der Waals surface area contributed by atoms with Gasteiger partial charge in [-0.05, 0) is 38.5 Å². The Bertz CT molecular complexity index is 652. The van der Waals surface area contributed by atoms with Gasteiger partial charge in [0.05, 0.1) is 21.8 Å². The van der Waals surface area contributed by atoms with Crippen molar-refractivity contribution in [1.82, 2.24) is 15.1 Å². The number of carbonyl (C=O) groups excluding carboxylic acids is 1. The Labute approximate surface area is 134 Å². The van der Waals surface area contributed by atoms with Crippen molar-refractivity contribution in [2.75, 3.05) is 0 Å². The quantitative estimate of drug-likeness (QED) is 0.920. The van der Waals surface area contributed by atoms with Gasteiger partial charge >= 0.3 is 0 Å². The molecule has 6 heteroatoms. The maximum absolute atomic E-state index is 12.6. The minimum absolute atomic E-state index is 0.0534. The largest absolute Gasteiger partial charge is 0.332 e. The van der Waals surface area contributed by atoms with E-state index in [0.29, 0.717) is 22.2 Å². The number of aromatic amines is 1. The van der Waals surface area contributed by atoms with E-state index >= 15 is 0 Å². The van der Waals surface area contributed by atoms with Crippen molar-refractivity contribution in [3.05, 3.63) is 51.3 Å². The topological polar surface area (TPSA) is 49.0 Å². The fourth-order valence-electron chi connectivity index (χ4n) is 2.04. The number of hydrogen-bond acceptors (Lipinski definition) is 2. The third kappa shape index (κ3) is 3.57. The van der Waals surface area contributed by atoms with Crippen molar-refractivity contribution in [3.63, 3.8) is 0 Å². The lowest BCUT2D eigenvalue weighted by Gasteiger charge is -2.27. The number of halogens is 2. The van der Waals surface area contributed by atoms with Gasteiger partial charge in [-0.3, -0.25) is 9.89 Å². The molecule has 1 amide bonds. The molecule has 0 saturated carbocycles. The Kier molecular flexibility index (Phi) is 4.91. The number of nitrogens with one attached hydrogen (secondary N) is 1. The molecule has 112 valence electrons. The summed E-state index contributed by atoms with van der Waals surface area (Å²) in [5.74, 6) is -0.0534. The van der Waals surface area contributed by atoms with Crippen LogP contribution in [0.15, 0.2) is 24.4 Å². The first-order valence-electron chi connectivity index (χ1n) is 6.65. The summed E-state index contributed by atoms with van der Waals surface area (Å²) in [6.07, 6.45) is 1.56. The SMILES string of the molecule is Cc1[nH]ncc1C(=O)N(Cc1ccc(Cl)c(Cl)c1)C(C)C. The number of carbonyl (C=O) groups is 1. The third-order valence-corrected chi connectivity index (χ3v) is 4.02. The summed E-state index contributed by atoms with van der Waals surface area (Å²) in [4.78, 5) is 14.4. The van der Waals surface area contributed by atoms with Crippen molar-refractivity contribution in [3.8, 4) is 0 Å². The van der Waals surface area contributed by atoms with E-state index in [1.807, 2.05) is 26.8 Å². The molecule has 0 saturated heterocycles. The van der Waals surface area contributed by atoms with Gasteiger partial charge in [-0.1, -0.05) is 29.3 Å². The first kappa shape index (κ1) is 15.9. The van der Waals surface area contributed by atoms with E-state index in [1.165, 1.54) is 0 Å². The molecule has 0 aliphatic rings. The van der Waals surface area contributed by atoms with Crippen LogP contribution in [0.1, 0.15) is 35.5 Å². The van der Waals surface area contributed by atoms with Crippen molar-refractivity contribution >= 4 is 29.1 Å². The van der Waals surface area contributed by atoms with Gasteiger partial charge in [-0.15, -0.1) is 0 Å². The van der Waals surface area contributed by atoms with Gasteiger partial charge < -0.3 is 4.90 Å². The molecule has 0 unspecified atom stereocenters. The molecule has 2 rings (SSSR count). The zero-order valence-corrected chi connectivity index (χ0v) is 13.7. The van der Waals surface area contributed by atoms with Crippen LogP contribution in [-0.2, 0) is 6.54 Å². The molecular formula is C15H17Cl2N3O. The van der Waals surface area contributed by atoms with Crippen LogP contribution >= 0.6 is 23.2 Å². The number of rotatable bonds is 4. The molecule has 0 bridgehead atoms. The summed E-state index contributed by atoms with van der Waals surface area (Å²) in [6, 6.07) is 5.46. The lowest BCUT2D eigenvalue weighted by atomic mass is 10.1. The first-order chi connectivity index (χ1) is 9.90. The van der Waals surface area contributed by atoms with Gasteiger partial charge in [0, 0.05) is 18.3 Å². The molecule has 0 fully saturated rings. The maximum atomic E-state index is 12.6. The third-order valence-electron chi connectivity index (χ3n) is 3.28. The first-order valence-corrected chi connectivity index (χ1v) is 7.40. The number of benzene rings is 1. The number of H-pyrrole nitrogens is 1. The number of hydrogen-bond donors (Lipinski definition) is 1. The molecule has 0 atom stereocenters. The highest BCUT2D eigenvalue weighted by Crippen LogP contribution is 2.24. The van der Waals surface area contributed by atoms with Crippen LogP contribution in [0.25, 0.3) is 0 Å². The van der Waals surface area contributed by atoms with Crippen LogP contribution in [0.3, 0.4) is 0 Å². The molecule has 0 aliphatic heterocycles. The van der Waals surface area contributed by atoms with E-state index in [9.17, 15) is 4.79 Å². The second-order valence-corrected chi connectivity index (χ2v) is 6.00. The molecule has 1 aromatic heterocycles. The van der Waals surface area contributed by atoms with Crippen LogP contribution in [0.2, 0.25) is 10.0 Å². The Morgan fingerprint density at radius 2 is 2.05 bits per heavy atom. The van der Waals surface area contributed by atoms with E-state index in [2.05, 4.69) is 10.2 Å². The standard InChI is InChI=1S/C15H17Cl2N3O/c1-9(2)20(15(21)12-7-18-19-10(12)3)8-11-4-5-13(16)14(17)6-11/h4-7,9H,8H2,1-3H3,(H,18,19). The zero-order chi connectivity index (χ0) is 15.6. The van der Waals surface area contributed by atoms with Gasteiger partial charge in [0.15, 0.2) is 0 Å². The fraction of sp³-hybridized carbons (Fsp3) is 0.333. The molecule has 0 aliphatic carbocycles. The summed E-state index contributed by atoms with van der Waals surface area (Å²) in [6.45, 7) is 6.26. The molecule has 1 N–H and O–H groups in total. The predicted octanol–water partition coefficient (Wildman–Crippen LogP) is 4.08. The molecule has 0 radical (unpaired) electrons. The van der Waals surface area contributed by atoms with Gasteiger partial charge in [0.25, 0.3) is 5.91 Å². The highest BCUT2D eigenvalue weighted by molar-refractivity contribution is 6.42. The molecule has 4 nitrogen and oxygen atoms in total. The van der Waals surface area contributed by atoms with Gasteiger partial charge in [-0.25, -0.2) is 0 Å². The number of amides is 1. The monoisotopic (exact) mass is 325 g/mol. The van der Waals surface area contributed by atoms with E-state index in [-0.39, 0.29) is 11.9 Å². The molecule has 2 aromatic rings. The second-order valence-electron chi connectivity index (χ2n) is 5.18.